The van der Waals surface area contributed by atoms with Gasteiger partial charge in [0.05, 0.1) is 6.54 Å². The van der Waals surface area contributed by atoms with Crippen LogP contribution in [0.5, 0.6) is 0 Å². The van der Waals surface area contributed by atoms with Crippen LogP contribution in [0.4, 0.5) is 0 Å². The van der Waals surface area contributed by atoms with Gasteiger partial charge in [0, 0.05) is 16.8 Å². The lowest BCUT2D eigenvalue weighted by molar-refractivity contribution is -0.128. The van der Waals surface area contributed by atoms with Crippen LogP contribution in [-0.2, 0) is 4.79 Å². The minimum Gasteiger partial charge on any atom is -0.321 e. The molecule has 0 saturated carbocycles. The lowest BCUT2D eigenvalue weighted by Crippen LogP contribution is -2.34. The Morgan fingerprint density at radius 3 is 3.06 bits per heavy atom. The van der Waals surface area contributed by atoms with Crippen molar-refractivity contribution < 1.29 is 4.79 Å². The van der Waals surface area contributed by atoms with E-state index in [2.05, 4.69) is 18.5 Å². The van der Waals surface area contributed by atoms with E-state index in [4.69, 9.17) is 11.6 Å². The molecule has 0 aliphatic carbocycles. The van der Waals surface area contributed by atoms with Gasteiger partial charge in [0.2, 0.25) is 5.91 Å². The summed E-state index contributed by atoms with van der Waals surface area (Å²) >= 11 is 7.77. The second-order valence-corrected chi connectivity index (χ2v) is 6.14. The number of thioether (sulfide) groups is 1. The van der Waals surface area contributed by atoms with Crippen LogP contribution >= 0.6 is 23.4 Å². The Bertz CT molecular complexity index is 441. The van der Waals surface area contributed by atoms with Crippen molar-refractivity contribution in [2.24, 2.45) is 0 Å². The topological polar surface area (TPSA) is 32.3 Å². The second-order valence-electron chi connectivity index (χ2n) is 4.43. The van der Waals surface area contributed by atoms with E-state index < -0.39 is 0 Å². The normalized spacial score (nSPS) is 21.4. The number of hydrogen-bond donors (Lipinski definition) is 1. The predicted octanol–water partition coefficient (Wildman–Crippen LogP) is 2.52. The molecular formula is C13H17ClN2OS. The highest BCUT2D eigenvalue weighted by molar-refractivity contribution is 7.99. The van der Waals surface area contributed by atoms with Crippen molar-refractivity contribution in [3.63, 3.8) is 0 Å². The summed E-state index contributed by atoms with van der Waals surface area (Å²) in [7, 11) is 0. The van der Waals surface area contributed by atoms with Crippen molar-refractivity contribution in [3.05, 3.63) is 34.9 Å². The average Bonchev–Trinajstić information content (AvgIpc) is 2.71. The summed E-state index contributed by atoms with van der Waals surface area (Å²) in [6.07, 6.45) is 2.01. The number of nitrogens with zero attached hydrogens (tertiary/aromatic N) is 1. The molecule has 0 aromatic heterocycles. The molecule has 1 aliphatic rings. The van der Waals surface area contributed by atoms with Crippen molar-refractivity contribution in [2.45, 2.75) is 18.3 Å². The van der Waals surface area contributed by atoms with Gasteiger partial charge in [-0.2, -0.15) is 11.8 Å². The summed E-state index contributed by atoms with van der Waals surface area (Å²) < 4.78 is 0. The zero-order valence-electron chi connectivity index (χ0n) is 10.5. The van der Waals surface area contributed by atoms with Gasteiger partial charge in [0.15, 0.2) is 0 Å². The van der Waals surface area contributed by atoms with E-state index in [1.165, 1.54) is 0 Å². The number of nitrogens with one attached hydrogen (secondary N) is 1. The van der Waals surface area contributed by atoms with Crippen LogP contribution < -0.4 is 5.32 Å². The van der Waals surface area contributed by atoms with Gasteiger partial charge in [-0.25, -0.2) is 0 Å². The maximum atomic E-state index is 11.9. The Labute approximate surface area is 117 Å². The molecule has 1 saturated heterocycles. The molecule has 5 heteroatoms. The molecule has 3 nitrogen and oxygen atoms in total. The summed E-state index contributed by atoms with van der Waals surface area (Å²) in [5.74, 6) is 0.154. The van der Waals surface area contributed by atoms with E-state index in [0.717, 1.165) is 12.1 Å². The maximum absolute atomic E-state index is 11.9. The van der Waals surface area contributed by atoms with Crippen LogP contribution in [0.3, 0.4) is 0 Å². The second kappa shape index (κ2) is 5.95. The lowest BCUT2D eigenvalue weighted by Gasteiger charge is -2.27. The molecule has 1 aromatic carbocycles. The first kappa shape index (κ1) is 13.7. The molecule has 2 rings (SSSR count). The SMILES string of the molecule is CSC(C)CN1C(=O)CNC1c1cccc(Cl)c1. The van der Waals surface area contributed by atoms with Gasteiger partial charge in [0.1, 0.15) is 6.17 Å². The highest BCUT2D eigenvalue weighted by Crippen LogP contribution is 2.26. The third kappa shape index (κ3) is 2.99. The Balaban J connectivity index is 2.18. The number of halogens is 1. The van der Waals surface area contributed by atoms with E-state index in [1.54, 1.807) is 11.8 Å². The van der Waals surface area contributed by atoms with Crippen LogP contribution in [0.25, 0.3) is 0 Å². The summed E-state index contributed by atoms with van der Waals surface area (Å²) in [5, 5.41) is 4.36. The molecule has 0 radical (unpaired) electrons. The number of carbonyl (C=O) groups is 1. The van der Waals surface area contributed by atoms with Crippen molar-refractivity contribution in [3.8, 4) is 0 Å². The van der Waals surface area contributed by atoms with Crippen molar-refractivity contribution in [1.29, 1.82) is 0 Å². The summed E-state index contributed by atoms with van der Waals surface area (Å²) in [5.41, 5.74) is 1.04. The quantitative estimate of drug-likeness (QED) is 0.922. The molecule has 2 unspecified atom stereocenters. The summed E-state index contributed by atoms with van der Waals surface area (Å²) in [6.45, 7) is 3.29. The standard InChI is InChI=1S/C13H17ClN2OS/c1-9(18-2)8-16-12(17)7-15-13(16)10-4-3-5-11(14)6-10/h3-6,9,13,15H,7-8H2,1-2H3. The summed E-state index contributed by atoms with van der Waals surface area (Å²) in [4.78, 5) is 13.8. The van der Waals surface area contributed by atoms with Crippen molar-refractivity contribution >= 4 is 29.3 Å². The van der Waals surface area contributed by atoms with Crippen molar-refractivity contribution in [2.75, 3.05) is 19.3 Å². The molecular weight excluding hydrogens is 268 g/mol. The minimum absolute atomic E-state index is 0.0502. The number of carbonyl (C=O) groups excluding carboxylic acids is 1. The number of benzene rings is 1. The molecule has 2 atom stereocenters. The monoisotopic (exact) mass is 284 g/mol. The molecule has 1 N–H and O–H groups in total. The third-order valence-corrected chi connectivity index (χ3v) is 4.29. The first-order valence-electron chi connectivity index (χ1n) is 5.93. The third-order valence-electron chi connectivity index (χ3n) is 3.10. The maximum Gasteiger partial charge on any atom is 0.238 e. The molecule has 1 aliphatic heterocycles. The van der Waals surface area contributed by atoms with E-state index in [9.17, 15) is 4.79 Å². The van der Waals surface area contributed by atoms with E-state index in [0.29, 0.717) is 16.8 Å². The number of rotatable bonds is 4. The Kier molecular flexibility index (Phi) is 4.54. The highest BCUT2D eigenvalue weighted by atomic mass is 35.5. The fraction of sp³-hybridized carbons (Fsp3) is 0.462. The van der Waals surface area contributed by atoms with Crippen LogP contribution in [0.15, 0.2) is 24.3 Å². The molecule has 1 heterocycles. The molecule has 1 fully saturated rings. The Morgan fingerprint density at radius 1 is 1.61 bits per heavy atom. The largest absolute Gasteiger partial charge is 0.321 e. The fourth-order valence-corrected chi connectivity index (χ4v) is 2.58. The average molecular weight is 285 g/mol. The van der Waals surface area contributed by atoms with Gasteiger partial charge in [-0.1, -0.05) is 30.7 Å². The minimum atomic E-state index is -0.0502. The first-order valence-corrected chi connectivity index (χ1v) is 7.59. The molecule has 1 aromatic rings. The first-order chi connectivity index (χ1) is 8.61. The van der Waals surface area contributed by atoms with Crippen LogP contribution in [0, 0.1) is 0 Å². The van der Waals surface area contributed by atoms with Gasteiger partial charge in [-0.15, -0.1) is 0 Å². The van der Waals surface area contributed by atoms with Crippen LogP contribution in [-0.4, -0.2) is 35.4 Å². The zero-order chi connectivity index (χ0) is 13.1. The molecule has 0 bridgehead atoms. The van der Waals surface area contributed by atoms with E-state index in [-0.39, 0.29) is 12.1 Å². The van der Waals surface area contributed by atoms with Gasteiger partial charge in [0.25, 0.3) is 0 Å². The molecule has 98 valence electrons. The number of hydrogen-bond acceptors (Lipinski definition) is 3. The van der Waals surface area contributed by atoms with Crippen LogP contribution in [0.1, 0.15) is 18.7 Å². The Hall–Kier alpha value is -0.710. The summed E-state index contributed by atoms with van der Waals surface area (Å²) in [6, 6.07) is 7.67. The molecule has 0 spiro atoms. The fourth-order valence-electron chi connectivity index (χ4n) is 2.07. The van der Waals surface area contributed by atoms with Crippen molar-refractivity contribution in [1.82, 2.24) is 10.2 Å². The Morgan fingerprint density at radius 2 is 2.39 bits per heavy atom. The van der Waals surface area contributed by atoms with E-state index in [1.807, 2.05) is 29.2 Å². The van der Waals surface area contributed by atoms with E-state index >= 15 is 0 Å². The molecule has 1 amide bonds. The van der Waals surface area contributed by atoms with Gasteiger partial charge in [-0.3, -0.25) is 10.1 Å². The predicted molar refractivity (Wildman–Crippen MR) is 76.9 cm³/mol. The molecule has 18 heavy (non-hydrogen) atoms. The highest BCUT2D eigenvalue weighted by Gasteiger charge is 2.32. The van der Waals surface area contributed by atoms with Gasteiger partial charge in [-0.05, 0) is 24.0 Å². The smallest absolute Gasteiger partial charge is 0.238 e. The van der Waals surface area contributed by atoms with Gasteiger partial charge >= 0.3 is 0 Å². The lowest BCUT2D eigenvalue weighted by atomic mass is 10.1. The van der Waals surface area contributed by atoms with Gasteiger partial charge < -0.3 is 4.90 Å². The zero-order valence-corrected chi connectivity index (χ0v) is 12.1. The number of amides is 1. The van der Waals surface area contributed by atoms with Crippen LogP contribution in [0.2, 0.25) is 5.02 Å².